The summed E-state index contributed by atoms with van der Waals surface area (Å²) in [6.45, 7) is 10.9. The van der Waals surface area contributed by atoms with E-state index in [0.717, 1.165) is 59.7 Å². The van der Waals surface area contributed by atoms with Crippen LogP contribution in [0.15, 0.2) is 54.9 Å². The monoisotopic (exact) mass is 566 g/mol. The van der Waals surface area contributed by atoms with Gasteiger partial charge >= 0.3 is 0 Å². The van der Waals surface area contributed by atoms with Gasteiger partial charge in [-0.1, -0.05) is 19.9 Å². The molecule has 0 unspecified atom stereocenters. The molecule has 3 heterocycles. The number of fused-ring (bicyclic) bond motifs is 1. The van der Waals surface area contributed by atoms with Crippen LogP contribution >= 0.6 is 0 Å². The summed E-state index contributed by atoms with van der Waals surface area (Å²) in [4.78, 5) is 42.3. The summed E-state index contributed by atoms with van der Waals surface area (Å²) in [5.41, 5.74) is 7.49. The lowest BCUT2D eigenvalue weighted by Gasteiger charge is -2.17. The van der Waals surface area contributed by atoms with E-state index in [-0.39, 0.29) is 17.4 Å². The van der Waals surface area contributed by atoms with E-state index in [2.05, 4.69) is 34.1 Å². The number of hydrogen-bond donors (Lipinski definition) is 2. The molecule has 2 aromatic heterocycles. The number of benzene rings is 2. The zero-order chi connectivity index (χ0) is 30.0. The molecule has 1 aliphatic heterocycles. The Bertz CT molecular complexity index is 1690. The number of hydrogen-bond acceptors (Lipinski definition) is 6. The fourth-order valence-electron chi connectivity index (χ4n) is 5.46. The molecule has 0 aliphatic carbocycles. The third-order valence-corrected chi connectivity index (χ3v) is 7.86. The molecule has 5 rings (SSSR count). The van der Waals surface area contributed by atoms with Crippen molar-refractivity contribution in [1.82, 2.24) is 19.7 Å². The summed E-state index contributed by atoms with van der Waals surface area (Å²) in [7, 11) is 0. The fraction of sp³-hybridized carbons (Fsp3) is 0.281. The van der Waals surface area contributed by atoms with E-state index < -0.39 is 4.92 Å². The number of aromatic amines is 1. The van der Waals surface area contributed by atoms with Gasteiger partial charge in [-0.2, -0.15) is 5.10 Å². The molecule has 42 heavy (non-hydrogen) atoms. The van der Waals surface area contributed by atoms with Gasteiger partial charge in [0.25, 0.3) is 11.6 Å². The van der Waals surface area contributed by atoms with Crippen LogP contribution in [-0.4, -0.2) is 55.9 Å². The molecule has 4 aromatic rings. The molecule has 0 atom stereocenters. The maximum Gasteiger partial charge on any atom is 0.269 e. The molecular formula is C32H34N6O4. The van der Waals surface area contributed by atoms with Gasteiger partial charge in [0.1, 0.15) is 0 Å². The third kappa shape index (κ3) is 5.66. The molecule has 0 saturated heterocycles. The minimum absolute atomic E-state index is 0.0144. The molecular weight excluding hydrogens is 532 g/mol. The molecule has 10 heteroatoms. The van der Waals surface area contributed by atoms with Crippen LogP contribution in [0.4, 0.5) is 11.4 Å². The van der Waals surface area contributed by atoms with Crippen molar-refractivity contribution in [2.24, 2.45) is 0 Å². The van der Waals surface area contributed by atoms with Crippen molar-refractivity contribution >= 4 is 34.7 Å². The average molecular weight is 567 g/mol. The van der Waals surface area contributed by atoms with Gasteiger partial charge in [0.2, 0.25) is 0 Å². The number of ketones is 1. The van der Waals surface area contributed by atoms with Crippen LogP contribution in [0.2, 0.25) is 0 Å². The number of nitrogens with one attached hydrogen (secondary N) is 2. The van der Waals surface area contributed by atoms with Gasteiger partial charge in [0.05, 0.1) is 22.4 Å². The van der Waals surface area contributed by atoms with Crippen LogP contribution in [0.3, 0.4) is 0 Å². The second kappa shape index (κ2) is 12.0. The Labute approximate surface area is 244 Å². The maximum absolute atomic E-state index is 13.1. The number of Topliss-reactive ketones (excluding diaryl/α,β-unsaturated/α-hetero) is 1. The Balaban J connectivity index is 1.39. The van der Waals surface area contributed by atoms with Gasteiger partial charge in [-0.05, 0) is 81.4 Å². The van der Waals surface area contributed by atoms with Crippen molar-refractivity contribution < 1.29 is 14.5 Å². The smallest absolute Gasteiger partial charge is 0.269 e. The predicted molar refractivity (Wildman–Crippen MR) is 164 cm³/mol. The van der Waals surface area contributed by atoms with Crippen molar-refractivity contribution in [3.05, 3.63) is 93.1 Å². The topological polar surface area (TPSA) is 126 Å². The van der Waals surface area contributed by atoms with Crippen LogP contribution in [-0.2, 0) is 4.79 Å². The first-order valence-corrected chi connectivity index (χ1v) is 14.1. The molecule has 0 bridgehead atoms. The normalized spacial score (nSPS) is 13.5. The first-order chi connectivity index (χ1) is 20.2. The molecule has 10 nitrogen and oxygen atoms in total. The zero-order valence-electron chi connectivity index (χ0n) is 24.2. The number of nitro groups is 1. The Kier molecular flexibility index (Phi) is 8.17. The van der Waals surface area contributed by atoms with Gasteiger partial charge in [-0.25, -0.2) is 4.68 Å². The number of non-ortho nitro benzene ring substituents is 1. The standard InChI is InChI=1S/C32H34N6O4/c1-5-36(6-2)15-7-8-30(39)31-20(3)29(34-21(31)4)17-27-26-16-22(9-14-28(26)35-32(27)40)23-18-33-37(19-23)24-10-12-25(13-11-24)38(41)42/h9-14,16-19,34H,5-8,15H2,1-4H3,(H,35,40)/b27-17-. The summed E-state index contributed by atoms with van der Waals surface area (Å²) in [6.07, 6.45) is 6.66. The minimum Gasteiger partial charge on any atom is -0.358 e. The quantitative estimate of drug-likeness (QED) is 0.0965. The Morgan fingerprint density at radius 2 is 1.83 bits per heavy atom. The van der Waals surface area contributed by atoms with E-state index in [1.54, 1.807) is 23.0 Å². The zero-order valence-corrected chi connectivity index (χ0v) is 24.2. The summed E-state index contributed by atoms with van der Waals surface area (Å²) in [5.74, 6) is -0.0934. The predicted octanol–water partition coefficient (Wildman–Crippen LogP) is 6.19. The Morgan fingerprint density at radius 3 is 2.52 bits per heavy atom. The number of nitrogens with zero attached hydrogens (tertiary/aromatic N) is 4. The first-order valence-electron chi connectivity index (χ1n) is 14.1. The van der Waals surface area contributed by atoms with E-state index in [4.69, 9.17) is 0 Å². The summed E-state index contributed by atoms with van der Waals surface area (Å²) >= 11 is 0. The molecule has 0 fully saturated rings. The molecule has 2 N–H and O–H groups in total. The fourth-order valence-corrected chi connectivity index (χ4v) is 5.46. The number of rotatable bonds is 11. The van der Waals surface area contributed by atoms with Crippen LogP contribution < -0.4 is 5.32 Å². The number of H-pyrrole nitrogens is 1. The van der Waals surface area contributed by atoms with Gasteiger partial charge in [-0.3, -0.25) is 19.7 Å². The average Bonchev–Trinajstić information content (AvgIpc) is 3.67. The lowest BCUT2D eigenvalue weighted by Crippen LogP contribution is -2.24. The summed E-state index contributed by atoms with van der Waals surface area (Å²) < 4.78 is 1.65. The Hall–Kier alpha value is -4.83. The van der Waals surface area contributed by atoms with Crippen molar-refractivity contribution in [3.8, 4) is 16.8 Å². The van der Waals surface area contributed by atoms with E-state index >= 15 is 0 Å². The van der Waals surface area contributed by atoms with E-state index in [1.807, 2.05) is 44.3 Å². The molecule has 2 aromatic carbocycles. The summed E-state index contributed by atoms with van der Waals surface area (Å²) in [6, 6.07) is 11.9. The highest BCUT2D eigenvalue weighted by Crippen LogP contribution is 2.37. The van der Waals surface area contributed by atoms with Crippen LogP contribution in [0.1, 0.15) is 59.6 Å². The van der Waals surface area contributed by atoms with E-state index in [1.165, 1.54) is 12.1 Å². The van der Waals surface area contributed by atoms with Crippen LogP contribution in [0.5, 0.6) is 0 Å². The molecule has 0 saturated carbocycles. The van der Waals surface area contributed by atoms with Crippen LogP contribution in [0.25, 0.3) is 28.5 Å². The molecule has 1 aliphatic rings. The number of nitro benzene ring substituents is 1. The number of aromatic nitrogens is 3. The molecule has 216 valence electrons. The molecule has 0 radical (unpaired) electrons. The lowest BCUT2D eigenvalue weighted by atomic mass is 9.98. The number of carbonyl (C=O) groups is 2. The van der Waals surface area contributed by atoms with E-state index in [0.29, 0.717) is 28.9 Å². The number of anilines is 1. The van der Waals surface area contributed by atoms with Crippen molar-refractivity contribution in [3.63, 3.8) is 0 Å². The van der Waals surface area contributed by atoms with Gasteiger partial charge in [0, 0.05) is 58.5 Å². The highest BCUT2D eigenvalue weighted by atomic mass is 16.6. The highest BCUT2D eigenvalue weighted by Gasteiger charge is 2.26. The van der Waals surface area contributed by atoms with E-state index in [9.17, 15) is 19.7 Å². The van der Waals surface area contributed by atoms with Gasteiger partial charge in [-0.15, -0.1) is 0 Å². The summed E-state index contributed by atoms with van der Waals surface area (Å²) in [5, 5.41) is 18.3. The van der Waals surface area contributed by atoms with Crippen LogP contribution in [0, 0.1) is 24.0 Å². The van der Waals surface area contributed by atoms with Gasteiger partial charge in [0.15, 0.2) is 5.78 Å². The minimum atomic E-state index is -0.438. The first kappa shape index (κ1) is 28.7. The SMILES string of the molecule is CCN(CC)CCCC(=O)c1c(C)[nH]c(/C=C2\C(=O)Nc3ccc(-c4cnn(-c5ccc([N+](=O)[O-])cc5)c4)cc32)c1C. The van der Waals surface area contributed by atoms with Crippen molar-refractivity contribution in [1.29, 1.82) is 0 Å². The molecule has 1 amide bonds. The van der Waals surface area contributed by atoms with Gasteiger partial charge < -0.3 is 15.2 Å². The number of aryl methyl sites for hydroxylation is 1. The largest absolute Gasteiger partial charge is 0.358 e. The van der Waals surface area contributed by atoms with Crippen molar-refractivity contribution in [2.75, 3.05) is 25.0 Å². The maximum atomic E-state index is 13.1. The second-order valence-corrected chi connectivity index (χ2v) is 10.4. The highest BCUT2D eigenvalue weighted by molar-refractivity contribution is 6.35. The second-order valence-electron chi connectivity index (χ2n) is 10.4. The molecule has 0 spiro atoms. The number of carbonyl (C=O) groups excluding carboxylic acids is 2. The number of amides is 1. The lowest BCUT2D eigenvalue weighted by molar-refractivity contribution is -0.384. The third-order valence-electron chi connectivity index (χ3n) is 7.86. The van der Waals surface area contributed by atoms with Crippen molar-refractivity contribution in [2.45, 2.75) is 40.5 Å². The Morgan fingerprint density at radius 1 is 1.10 bits per heavy atom.